The molecule has 0 atom stereocenters. The Bertz CT molecular complexity index is 3610. The fraction of sp³-hybridized carbons (Fsp3) is 0. The number of aromatic hydroxyl groups is 2. The maximum absolute atomic E-state index is 12.7. The smallest absolute Gasteiger partial charge is 0.339 e. The number of azo groups is 4. The van der Waals surface area contributed by atoms with E-state index in [1.807, 2.05) is 0 Å². The van der Waals surface area contributed by atoms with Gasteiger partial charge in [0.1, 0.15) is 43.9 Å². The molecule has 7 aromatic rings. The van der Waals surface area contributed by atoms with Gasteiger partial charge in [0.15, 0.2) is 5.75 Å². The molecule has 0 spiro atoms. The molecule has 26 heteroatoms. The summed E-state index contributed by atoms with van der Waals surface area (Å²) in [6, 6.07) is 26.9. The van der Waals surface area contributed by atoms with Gasteiger partial charge in [-0.2, -0.15) is 45.7 Å². The number of anilines is 2. The normalized spacial score (nSPS) is 12.6. The standard InChI is InChI=1S/C41H30N10O13S3/c42-24-5-15-31(48-45-27-10-13-29(14-11-27)65(56,57)58)32(19-24)49-50-38-34(66(59,60)61)17-23-18-35(67(62,63)64)39(40(53)36(23)37(38)43)51-46-26-8-3-22(4-9-26)21-1-6-25(7-2-21)44-47-28-12-16-33(52)30(20-28)41(54)55/h1-20,52-53H,42-43H2,(H,54,55)(H,56,57,58)(H,59,60,61)(H,62,63,64). The van der Waals surface area contributed by atoms with E-state index in [1.54, 1.807) is 36.4 Å². The summed E-state index contributed by atoms with van der Waals surface area (Å²) in [5, 5.41) is 61.6. The Hall–Kier alpha value is -8.40. The molecule has 0 bridgehead atoms. The third-order valence-electron chi connectivity index (χ3n) is 9.36. The van der Waals surface area contributed by atoms with Gasteiger partial charge in [-0.15, -0.1) is 20.5 Å². The lowest BCUT2D eigenvalue weighted by Gasteiger charge is -2.14. The molecule has 7 aromatic carbocycles. The van der Waals surface area contributed by atoms with E-state index >= 15 is 0 Å². The van der Waals surface area contributed by atoms with Crippen molar-refractivity contribution in [2.24, 2.45) is 40.9 Å². The van der Waals surface area contributed by atoms with Crippen LogP contribution in [0.3, 0.4) is 0 Å². The van der Waals surface area contributed by atoms with Crippen LogP contribution in [0.15, 0.2) is 177 Å². The van der Waals surface area contributed by atoms with E-state index in [4.69, 9.17) is 11.5 Å². The molecular weight excluding hydrogens is 937 g/mol. The van der Waals surface area contributed by atoms with E-state index in [-0.39, 0.29) is 39.7 Å². The summed E-state index contributed by atoms with van der Waals surface area (Å²) < 4.78 is 103. The quantitative estimate of drug-likeness (QED) is 0.0302. The summed E-state index contributed by atoms with van der Waals surface area (Å²) in [5.74, 6) is -2.74. The van der Waals surface area contributed by atoms with Gasteiger partial charge in [-0.1, -0.05) is 24.3 Å². The number of nitrogens with zero attached hydrogens (tertiary/aromatic N) is 8. The van der Waals surface area contributed by atoms with Crippen molar-refractivity contribution in [1.82, 2.24) is 0 Å². The predicted octanol–water partition coefficient (Wildman–Crippen LogP) is 10.2. The van der Waals surface area contributed by atoms with Gasteiger partial charge in [-0.3, -0.25) is 13.7 Å². The van der Waals surface area contributed by atoms with Crippen LogP contribution in [0.5, 0.6) is 11.5 Å². The second-order valence-electron chi connectivity index (χ2n) is 13.9. The average molecular weight is 967 g/mol. The highest BCUT2D eigenvalue weighted by Crippen LogP contribution is 2.49. The van der Waals surface area contributed by atoms with Crippen molar-refractivity contribution >= 4 is 104 Å². The molecule has 0 saturated carbocycles. The molecule has 0 amide bonds. The molecule has 0 heterocycles. The Morgan fingerprint density at radius 2 is 0.940 bits per heavy atom. The molecule has 0 fully saturated rings. The first-order valence-electron chi connectivity index (χ1n) is 18.5. The number of aromatic carboxylic acids is 1. The molecule has 23 nitrogen and oxygen atoms in total. The van der Waals surface area contributed by atoms with Crippen molar-refractivity contribution in [3.05, 3.63) is 127 Å². The van der Waals surface area contributed by atoms with Crippen LogP contribution in [0.2, 0.25) is 0 Å². The molecule has 340 valence electrons. The van der Waals surface area contributed by atoms with E-state index in [0.29, 0.717) is 11.3 Å². The van der Waals surface area contributed by atoms with Gasteiger partial charge in [0, 0.05) is 5.69 Å². The lowest BCUT2D eigenvalue weighted by molar-refractivity contribution is 0.0693. The SMILES string of the molecule is Nc1ccc(N=Nc2ccc(S(=O)(=O)O)cc2)c(N=Nc2c(S(=O)(=O)O)cc3cc(S(=O)(=O)O)c(N=Nc4ccc(-c5ccc(N=Nc6ccc(O)c(C(=O)O)c6)cc5)cc4)c(O)c3c2N)c1. The third kappa shape index (κ3) is 10.6. The third-order valence-corrected chi connectivity index (χ3v) is 12.0. The first-order valence-corrected chi connectivity index (χ1v) is 22.9. The molecule has 0 radical (unpaired) electrons. The van der Waals surface area contributed by atoms with Crippen molar-refractivity contribution in [1.29, 1.82) is 0 Å². The average Bonchev–Trinajstić information content (AvgIpc) is 3.27. The van der Waals surface area contributed by atoms with E-state index in [2.05, 4.69) is 40.9 Å². The van der Waals surface area contributed by atoms with E-state index < -0.39 is 90.3 Å². The van der Waals surface area contributed by atoms with Gasteiger partial charge in [-0.25, -0.2) is 4.79 Å². The van der Waals surface area contributed by atoms with Crippen LogP contribution < -0.4 is 11.5 Å². The number of nitrogen functional groups attached to an aromatic ring is 2. The van der Waals surface area contributed by atoms with Crippen LogP contribution in [0.25, 0.3) is 21.9 Å². The van der Waals surface area contributed by atoms with E-state index in [9.17, 15) is 59.0 Å². The maximum atomic E-state index is 12.7. The Morgan fingerprint density at radius 1 is 0.478 bits per heavy atom. The molecule has 0 saturated heterocycles. The van der Waals surface area contributed by atoms with Crippen LogP contribution in [0, 0.1) is 0 Å². The van der Waals surface area contributed by atoms with Crippen LogP contribution in [-0.2, 0) is 30.4 Å². The fourth-order valence-electron chi connectivity index (χ4n) is 6.13. The maximum Gasteiger partial charge on any atom is 0.339 e. The Kier molecular flexibility index (Phi) is 12.7. The zero-order valence-corrected chi connectivity index (χ0v) is 36.0. The first kappa shape index (κ1) is 46.6. The number of benzene rings is 7. The number of carboxylic acids is 1. The Morgan fingerprint density at radius 3 is 1.48 bits per heavy atom. The summed E-state index contributed by atoms with van der Waals surface area (Å²) in [5.41, 5.74) is 12.1. The summed E-state index contributed by atoms with van der Waals surface area (Å²) >= 11 is 0. The van der Waals surface area contributed by atoms with E-state index in [1.165, 1.54) is 60.7 Å². The number of fused-ring (bicyclic) bond motifs is 1. The monoisotopic (exact) mass is 966 g/mol. The molecule has 0 aliphatic heterocycles. The van der Waals surface area contributed by atoms with Crippen molar-refractivity contribution in [2.75, 3.05) is 11.5 Å². The summed E-state index contributed by atoms with van der Waals surface area (Å²) in [6.07, 6.45) is 0. The highest BCUT2D eigenvalue weighted by molar-refractivity contribution is 7.86. The Labute approximate surface area is 378 Å². The highest BCUT2D eigenvalue weighted by Gasteiger charge is 2.28. The minimum Gasteiger partial charge on any atom is -0.507 e. The van der Waals surface area contributed by atoms with Crippen molar-refractivity contribution in [2.45, 2.75) is 14.7 Å². The number of phenolic OH excluding ortho intramolecular Hbond substituents is 1. The lowest BCUT2D eigenvalue weighted by atomic mass is 10.0. The Balaban J connectivity index is 1.20. The van der Waals surface area contributed by atoms with Gasteiger partial charge in [0.2, 0.25) is 0 Å². The van der Waals surface area contributed by atoms with Gasteiger partial charge >= 0.3 is 5.97 Å². The number of nitrogens with two attached hydrogens (primary N) is 2. The van der Waals surface area contributed by atoms with Gasteiger partial charge < -0.3 is 26.8 Å². The number of carboxylic acid groups (broad SMARTS) is 1. The number of carbonyl (C=O) groups is 1. The topological polar surface area (TPSA) is 392 Å². The molecular formula is C41H30N10O13S3. The highest BCUT2D eigenvalue weighted by atomic mass is 32.2. The molecule has 10 N–H and O–H groups in total. The van der Waals surface area contributed by atoms with E-state index in [0.717, 1.165) is 29.8 Å². The predicted molar refractivity (Wildman–Crippen MR) is 240 cm³/mol. The van der Waals surface area contributed by atoms with Crippen molar-refractivity contribution < 1.29 is 59.0 Å². The largest absolute Gasteiger partial charge is 0.507 e. The summed E-state index contributed by atoms with van der Waals surface area (Å²) in [4.78, 5) is 8.90. The summed E-state index contributed by atoms with van der Waals surface area (Å²) in [6.45, 7) is 0. The van der Waals surface area contributed by atoms with Crippen molar-refractivity contribution in [3.63, 3.8) is 0 Å². The molecule has 0 aliphatic carbocycles. The molecule has 7 rings (SSSR count). The van der Waals surface area contributed by atoms with Crippen LogP contribution >= 0.6 is 0 Å². The lowest BCUT2D eigenvalue weighted by Crippen LogP contribution is -2.03. The number of hydrogen-bond donors (Lipinski definition) is 8. The fourth-order valence-corrected chi connectivity index (χ4v) is 7.94. The van der Waals surface area contributed by atoms with Crippen LogP contribution in [0.1, 0.15) is 10.4 Å². The molecule has 0 aromatic heterocycles. The minimum absolute atomic E-state index is 0.00973. The van der Waals surface area contributed by atoms with Crippen LogP contribution in [-0.4, -0.2) is 60.2 Å². The van der Waals surface area contributed by atoms with Gasteiger partial charge in [-0.05, 0) is 114 Å². The zero-order chi connectivity index (χ0) is 48.4. The van der Waals surface area contributed by atoms with Gasteiger partial charge in [0.25, 0.3) is 30.4 Å². The summed E-state index contributed by atoms with van der Waals surface area (Å²) in [7, 11) is -14.9. The second-order valence-corrected chi connectivity index (χ2v) is 18.1. The minimum atomic E-state index is -5.22. The van der Waals surface area contributed by atoms with Crippen LogP contribution in [0.4, 0.5) is 56.9 Å². The number of rotatable bonds is 13. The number of phenols is 2. The number of hydrogen-bond acceptors (Lipinski definition) is 19. The molecule has 0 aliphatic rings. The second kappa shape index (κ2) is 18.2. The van der Waals surface area contributed by atoms with Crippen molar-refractivity contribution in [3.8, 4) is 22.6 Å². The molecule has 67 heavy (non-hydrogen) atoms. The molecule has 0 unspecified atom stereocenters. The van der Waals surface area contributed by atoms with Gasteiger partial charge in [0.05, 0.1) is 38.7 Å². The first-order chi connectivity index (χ1) is 31.6. The zero-order valence-electron chi connectivity index (χ0n) is 33.5.